The highest BCUT2D eigenvalue weighted by molar-refractivity contribution is 5.93. The first-order valence-corrected chi connectivity index (χ1v) is 9.80. The number of methoxy groups -OCH3 is 2. The average molecular weight is 477 g/mol. The summed E-state index contributed by atoms with van der Waals surface area (Å²) >= 11 is 0. The fraction of sp³-hybridized carbons (Fsp3) is 0.130. The van der Waals surface area contributed by atoms with E-state index in [9.17, 15) is 35.1 Å². The van der Waals surface area contributed by atoms with E-state index in [0.717, 1.165) is 12.1 Å². The number of nitro groups is 2. The first-order valence-electron chi connectivity index (χ1n) is 9.80. The van der Waals surface area contributed by atoms with E-state index in [1.54, 1.807) is 30.3 Å². The summed E-state index contributed by atoms with van der Waals surface area (Å²) in [6, 6.07) is 12.5. The molecule has 0 radical (unpaired) electrons. The van der Waals surface area contributed by atoms with Gasteiger partial charge in [-0.25, -0.2) is 0 Å². The molecule has 0 aromatic heterocycles. The largest absolute Gasteiger partial charge is 0.497 e. The van der Waals surface area contributed by atoms with E-state index in [1.807, 2.05) is 0 Å². The van der Waals surface area contributed by atoms with Gasteiger partial charge in [0, 0.05) is 18.2 Å². The number of nitriles is 2. The third kappa shape index (κ3) is 4.62. The molecule has 12 heteroatoms. The highest BCUT2D eigenvalue weighted by Gasteiger charge is 2.34. The molecule has 0 aliphatic heterocycles. The van der Waals surface area contributed by atoms with Crippen LogP contribution in [0.4, 0.5) is 21.5 Å². The van der Waals surface area contributed by atoms with Crippen LogP contribution in [-0.4, -0.2) is 24.1 Å². The topological polar surface area (TPSA) is 164 Å². The Kier molecular flexibility index (Phi) is 7.07. The molecular formula is C23H16FN5O6. The van der Waals surface area contributed by atoms with Crippen molar-refractivity contribution in [2.24, 2.45) is 0 Å². The van der Waals surface area contributed by atoms with Gasteiger partial charge in [-0.15, -0.1) is 0 Å². The molecule has 176 valence electrons. The lowest BCUT2D eigenvalue weighted by molar-refractivity contribution is -0.387. The molecule has 3 aromatic carbocycles. The van der Waals surface area contributed by atoms with Gasteiger partial charge < -0.3 is 14.8 Å². The van der Waals surface area contributed by atoms with Crippen molar-refractivity contribution in [1.82, 2.24) is 0 Å². The van der Waals surface area contributed by atoms with Crippen LogP contribution in [0.5, 0.6) is 11.5 Å². The fourth-order valence-corrected chi connectivity index (χ4v) is 3.55. The van der Waals surface area contributed by atoms with Crippen molar-refractivity contribution < 1.29 is 23.7 Å². The van der Waals surface area contributed by atoms with Crippen LogP contribution in [-0.2, 0) is 6.54 Å². The second-order valence-corrected chi connectivity index (χ2v) is 6.97. The molecule has 0 saturated carbocycles. The number of hydrogen-bond donors (Lipinski definition) is 1. The maximum absolute atomic E-state index is 14.4. The molecule has 0 atom stereocenters. The lowest BCUT2D eigenvalue weighted by Crippen LogP contribution is -2.08. The van der Waals surface area contributed by atoms with Crippen LogP contribution in [0.2, 0.25) is 0 Å². The van der Waals surface area contributed by atoms with Gasteiger partial charge in [-0.1, -0.05) is 0 Å². The van der Waals surface area contributed by atoms with Gasteiger partial charge in [0.1, 0.15) is 29.3 Å². The number of rotatable bonds is 8. The van der Waals surface area contributed by atoms with Crippen LogP contribution in [0.1, 0.15) is 16.7 Å². The first kappa shape index (κ1) is 24.4. The summed E-state index contributed by atoms with van der Waals surface area (Å²) in [5.74, 6) is -0.343. The molecule has 11 nitrogen and oxygen atoms in total. The number of nitrogens with zero attached hydrogens (tertiary/aromatic N) is 4. The molecule has 0 aliphatic rings. The summed E-state index contributed by atoms with van der Waals surface area (Å²) in [6.45, 7) is 0.0235. The van der Waals surface area contributed by atoms with E-state index in [1.165, 1.54) is 26.4 Å². The summed E-state index contributed by atoms with van der Waals surface area (Å²) in [7, 11) is 2.92. The number of halogens is 1. The second kappa shape index (κ2) is 10.1. The Balaban J connectivity index is 2.25. The van der Waals surface area contributed by atoms with Crippen LogP contribution in [0, 0.1) is 48.7 Å². The van der Waals surface area contributed by atoms with Gasteiger partial charge in [0.05, 0.1) is 46.3 Å². The molecule has 0 fully saturated rings. The summed E-state index contributed by atoms with van der Waals surface area (Å²) in [4.78, 5) is 21.9. The highest BCUT2D eigenvalue weighted by Crippen LogP contribution is 2.45. The van der Waals surface area contributed by atoms with Gasteiger partial charge in [0.2, 0.25) is 5.82 Å². The molecule has 0 spiro atoms. The minimum atomic E-state index is -1.30. The van der Waals surface area contributed by atoms with Crippen LogP contribution < -0.4 is 14.8 Å². The molecule has 0 bridgehead atoms. The highest BCUT2D eigenvalue weighted by atomic mass is 19.1. The van der Waals surface area contributed by atoms with Crippen molar-refractivity contribution in [3.63, 3.8) is 0 Å². The molecule has 35 heavy (non-hydrogen) atoms. The van der Waals surface area contributed by atoms with Crippen molar-refractivity contribution >= 4 is 17.1 Å². The zero-order valence-corrected chi connectivity index (χ0v) is 18.4. The Morgan fingerprint density at radius 2 is 1.51 bits per heavy atom. The van der Waals surface area contributed by atoms with Crippen LogP contribution in [0.15, 0.2) is 42.5 Å². The Bertz CT molecular complexity index is 1430. The molecule has 0 unspecified atom stereocenters. The lowest BCUT2D eigenvalue weighted by atomic mass is 9.92. The SMILES string of the molecule is COc1ccc(CNc2ccc(C#N)c(-c3c(C#N)ccc(F)c3[N+](=O)[O-])c2[N+](=O)[O-])c(OC)c1. The molecule has 0 heterocycles. The van der Waals surface area contributed by atoms with Crippen molar-refractivity contribution in [3.05, 3.63) is 85.2 Å². The zero-order valence-electron chi connectivity index (χ0n) is 18.4. The fourth-order valence-electron chi connectivity index (χ4n) is 3.55. The lowest BCUT2D eigenvalue weighted by Gasteiger charge is -2.15. The van der Waals surface area contributed by atoms with Gasteiger partial charge in [0.15, 0.2) is 0 Å². The van der Waals surface area contributed by atoms with Gasteiger partial charge >= 0.3 is 11.4 Å². The molecule has 3 rings (SSSR count). The van der Waals surface area contributed by atoms with E-state index < -0.39 is 43.7 Å². The summed E-state index contributed by atoms with van der Waals surface area (Å²) < 4.78 is 24.9. The third-order valence-corrected chi connectivity index (χ3v) is 5.13. The predicted molar refractivity (Wildman–Crippen MR) is 121 cm³/mol. The summed E-state index contributed by atoms with van der Waals surface area (Å²) in [5, 5.41) is 45.8. The number of ether oxygens (including phenoxy) is 2. The maximum Gasteiger partial charge on any atom is 0.314 e. The van der Waals surface area contributed by atoms with Gasteiger partial charge in [-0.3, -0.25) is 20.2 Å². The molecule has 0 saturated heterocycles. The minimum Gasteiger partial charge on any atom is -0.497 e. The van der Waals surface area contributed by atoms with E-state index in [2.05, 4.69) is 5.32 Å². The molecular weight excluding hydrogens is 461 g/mol. The average Bonchev–Trinajstić information content (AvgIpc) is 2.85. The first-order chi connectivity index (χ1) is 16.8. The van der Waals surface area contributed by atoms with E-state index in [0.29, 0.717) is 17.1 Å². The normalized spacial score (nSPS) is 10.1. The molecule has 1 N–H and O–H groups in total. The standard InChI is InChI=1S/C23H16FN5O6/c1-34-16-6-3-15(19(9-16)35-2)12-27-18-8-5-14(11-26)21(23(18)29(32)33)20-13(10-25)4-7-17(24)22(20)28(30)31/h3-9,27H,12H2,1-2H3. The number of hydrogen-bond acceptors (Lipinski definition) is 9. The minimum absolute atomic E-state index is 0.0235. The monoisotopic (exact) mass is 477 g/mol. The molecule has 0 amide bonds. The Morgan fingerprint density at radius 1 is 0.914 bits per heavy atom. The maximum atomic E-state index is 14.4. The predicted octanol–water partition coefficient (Wildman–Crippen LogP) is 4.68. The summed E-state index contributed by atoms with van der Waals surface area (Å²) in [6.07, 6.45) is 0. The van der Waals surface area contributed by atoms with Crippen molar-refractivity contribution in [2.45, 2.75) is 6.54 Å². The number of nitro benzene ring substituents is 2. The Labute approximate surface area is 197 Å². The Hall–Kier alpha value is -5.23. The van der Waals surface area contributed by atoms with Crippen molar-refractivity contribution in [3.8, 4) is 34.8 Å². The van der Waals surface area contributed by atoms with E-state index in [4.69, 9.17) is 9.47 Å². The van der Waals surface area contributed by atoms with Crippen LogP contribution in [0.3, 0.4) is 0 Å². The third-order valence-electron chi connectivity index (χ3n) is 5.13. The summed E-state index contributed by atoms with van der Waals surface area (Å²) in [5.41, 5.74) is -3.29. The number of benzene rings is 3. The number of anilines is 1. The van der Waals surface area contributed by atoms with Crippen LogP contribution >= 0.6 is 0 Å². The number of nitrogens with one attached hydrogen (secondary N) is 1. The zero-order chi connectivity index (χ0) is 25.7. The van der Waals surface area contributed by atoms with Crippen molar-refractivity contribution in [2.75, 3.05) is 19.5 Å². The molecule has 0 aliphatic carbocycles. The molecule has 3 aromatic rings. The second-order valence-electron chi connectivity index (χ2n) is 6.97. The van der Waals surface area contributed by atoms with Crippen LogP contribution in [0.25, 0.3) is 11.1 Å². The van der Waals surface area contributed by atoms with Gasteiger partial charge in [-0.2, -0.15) is 14.9 Å². The van der Waals surface area contributed by atoms with Gasteiger partial charge in [0.25, 0.3) is 0 Å². The van der Waals surface area contributed by atoms with E-state index >= 15 is 0 Å². The van der Waals surface area contributed by atoms with E-state index in [-0.39, 0.29) is 17.8 Å². The quantitative estimate of drug-likeness (QED) is 0.358. The van der Waals surface area contributed by atoms with Crippen molar-refractivity contribution in [1.29, 1.82) is 10.5 Å². The Morgan fingerprint density at radius 3 is 2.06 bits per heavy atom. The smallest absolute Gasteiger partial charge is 0.314 e. The van der Waals surface area contributed by atoms with Gasteiger partial charge in [-0.05, 0) is 36.4 Å².